The maximum absolute atomic E-state index is 11.8. The van der Waals surface area contributed by atoms with Crippen LogP contribution in [0.2, 0.25) is 5.02 Å². The molecule has 0 heterocycles. The minimum absolute atomic E-state index is 0.138. The summed E-state index contributed by atoms with van der Waals surface area (Å²) in [6, 6.07) is 13.4. The van der Waals surface area contributed by atoms with Crippen LogP contribution in [-0.4, -0.2) is 32.8 Å². The highest BCUT2D eigenvalue weighted by atomic mass is 35.5. The first-order chi connectivity index (χ1) is 11.5. The zero-order chi connectivity index (χ0) is 17.5. The molecule has 0 saturated carbocycles. The summed E-state index contributed by atoms with van der Waals surface area (Å²) in [6.07, 6.45) is 1.62. The van der Waals surface area contributed by atoms with Gasteiger partial charge in [-0.15, -0.1) is 0 Å². The lowest BCUT2D eigenvalue weighted by atomic mass is 10.2. The summed E-state index contributed by atoms with van der Waals surface area (Å²) >= 11 is 5.90. The van der Waals surface area contributed by atoms with Gasteiger partial charge in [-0.3, -0.25) is 4.79 Å². The van der Waals surface area contributed by atoms with E-state index in [1.54, 1.807) is 12.3 Å². The smallest absolute Gasteiger partial charge is 0.259 e. The van der Waals surface area contributed by atoms with E-state index in [4.69, 9.17) is 11.6 Å². The highest BCUT2D eigenvalue weighted by Gasteiger charge is 2.02. The molecule has 2 rings (SSSR count). The summed E-state index contributed by atoms with van der Waals surface area (Å²) in [4.78, 5) is 13.8. The van der Waals surface area contributed by atoms with Crippen LogP contribution in [0.25, 0.3) is 0 Å². The number of amides is 1. The molecule has 0 aliphatic carbocycles. The Morgan fingerprint density at radius 2 is 1.92 bits per heavy atom. The Morgan fingerprint density at radius 1 is 1.21 bits per heavy atom. The fourth-order valence-corrected chi connectivity index (χ4v) is 2.30. The Labute approximate surface area is 147 Å². The molecule has 0 fully saturated rings. The fraction of sp³-hybridized carbons (Fsp3) is 0.222. The summed E-state index contributed by atoms with van der Waals surface area (Å²) in [5, 5.41) is 7.70. The van der Waals surface area contributed by atoms with Gasteiger partial charge in [-0.25, -0.2) is 5.43 Å². The third-order valence-corrected chi connectivity index (χ3v) is 3.68. The number of hydrogen-bond donors (Lipinski definition) is 2. The third-order valence-electron chi connectivity index (χ3n) is 3.44. The number of carbonyl (C=O) groups excluding carboxylic acids is 1. The molecule has 0 bridgehead atoms. The normalized spacial score (nSPS) is 10.7. The van der Waals surface area contributed by atoms with Crippen molar-refractivity contribution in [1.29, 1.82) is 0 Å². The lowest BCUT2D eigenvalue weighted by Crippen LogP contribution is -2.26. The molecule has 0 radical (unpaired) electrons. The number of hydrogen-bond acceptors (Lipinski definition) is 4. The molecule has 126 valence electrons. The Kier molecular flexibility index (Phi) is 6.21. The molecule has 0 spiro atoms. The number of nitrogens with one attached hydrogen (secondary N) is 2. The second-order valence-corrected chi connectivity index (χ2v) is 6.03. The number of nitrogens with zero attached hydrogens (tertiary/aromatic N) is 2. The summed E-state index contributed by atoms with van der Waals surface area (Å²) in [7, 11) is 3.97. The summed E-state index contributed by atoms with van der Waals surface area (Å²) in [6.45, 7) is 2.07. The van der Waals surface area contributed by atoms with Crippen LogP contribution in [0, 0.1) is 6.92 Å². The number of rotatable bonds is 6. The highest BCUT2D eigenvalue weighted by Crippen LogP contribution is 2.19. The van der Waals surface area contributed by atoms with Crippen LogP contribution in [0.4, 0.5) is 11.4 Å². The lowest BCUT2D eigenvalue weighted by Gasteiger charge is -2.11. The molecule has 1 amide bonds. The zero-order valence-corrected chi connectivity index (χ0v) is 14.8. The summed E-state index contributed by atoms with van der Waals surface area (Å²) in [5.41, 5.74) is 6.39. The van der Waals surface area contributed by atoms with Crippen molar-refractivity contribution < 1.29 is 4.79 Å². The average molecular weight is 345 g/mol. The largest absolute Gasteiger partial charge is 0.378 e. The SMILES string of the molecule is Cc1cc(Cl)ccc1NCC(=O)N/N=C\c1ccc(N(C)C)cc1. The molecular formula is C18H21ClN4O. The van der Waals surface area contributed by atoms with Crippen molar-refractivity contribution in [2.45, 2.75) is 6.92 Å². The van der Waals surface area contributed by atoms with Gasteiger partial charge < -0.3 is 10.2 Å². The van der Waals surface area contributed by atoms with E-state index in [-0.39, 0.29) is 12.5 Å². The van der Waals surface area contributed by atoms with Crippen molar-refractivity contribution in [2.75, 3.05) is 30.9 Å². The third kappa shape index (κ3) is 5.28. The van der Waals surface area contributed by atoms with Crippen LogP contribution in [0.3, 0.4) is 0 Å². The quantitative estimate of drug-likeness (QED) is 0.624. The van der Waals surface area contributed by atoms with Gasteiger partial charge in [0.05, 0.1) is 12.8 Å². The van der Waals surface area contributed by atoms with Crippen molar-refractivity contribution in [3.05, 3.63) is 58.6 Å². The molecule has 0 saturated heterocycles. The molecule has 0 aliphatic heterocycles. The minimum atomic E-state index is -0.217. The van der Waals surface area contributed by atoms with Crippen molar-refractivity contribution >= 4 is 35.1 Å². The molecule has 0 atom stereocenters. The Morgan fingerprint density at radius 3 is 2.54 bits per heavy atom. The standard InChI is InChI=1S/C18H21ClN4O/c1-13-10-15(19)6-9-17(13)20-12-18(24)22-21-11-14-4-7-16(8-5-14)23(2)3/h4-11,20H,12H2,1-3H3,(H,22,24)/b21-11-. The van der Waals surface area contributed by atoms with Gasteiger partial charge in [0, 0.05) is 30.5 Å². The van der Waals surface area contributed by atoms with Crippen molar-refractivity contribution in [1.82, 2.24) is 5.43 Å². The molecule has 0 aromatic heterocycles. The first-order valence-corrected chi connectivity index (χ1v) is 7.93. The van der Waals surface area contributed by atoms with Gasteiger partial charge in [-0.2, -0.15) is 5.10 Å². The number of anilines is 2. The van der Waals surface area contributed by atoms with E-state index < -0.39 is 0 Å². The van der Waals surface area contributed by atoms with Gasteiger partial charge in [0.15, 0.2) is 0 Å². The zero-order valence-electron chi connectivity index (χ0n) is 14.0. The second kappa shape index (κ2) is 8.36. The molecule has 2 N–H and O–H groups in total. The number of aryl methyl sites for hydroxylation is 1. The number of hydrazone groups is 1. The van der Waals surface area contributed by atoms with E-state index in [2.05, 4.69) is 15.8 Å². The van der Waals surface area contributed by atoms with E-state index in [0.717, 1.165) is 22.5 Å². The van der Waals surface area contributed by atoms with E-state index in [9.17, 15) is 4.79 Å². The Hall–Kier alpha value is -2.53. The van der Waals surface area contributed by atoms with Crippen LogP contribution in [0.15, 0.2) is 47.6 Å². The Bertz CT molecular complexity index is 726. The van der Waals surface area contributed by atoms with Crippen LogP contribution >= 0.6 is 11.6 Å². The summed E-state index contributed by atoms with van der Waals surface area (Å²) in [5.74, 6) is -0.217. The fourth-order valence-electron chi connectivity index (χ4n) is 2.08. The van der Waals surface area contributed by atoms with E-state index in [1.165, 1.54) is 0 Å². The molecule has 2 aromatic rings. The van der Waals surface area contributed by atoms with Crippen LogP contribution in [-0.2, 0) is 4.79 Å². The molecule has 2 aromatic carbocycles. The highest BCUT2D eigenvalue weighted by molar-refractivity contribution is 6.30. The van der Waals surface area contributed by atoms with Gasteiger partial charge >= 0.3 is 0 Å². The predicted octanol–water partition coefficient (Wildman–Crippen LogP) is 3.28. The second-order valence-electron chi connectivity index (χ2n) is 5.59. The number of halogens is 1. The van der Waals surface area contributed by atoms with Crippen molar-refractivity contribution in [3.8, 4) is 0 Å². The minimum Gasteiger partial charge on any atom is -0.378 e. The van der Waals surface area contributed by atoms with Crippen LogP contribution < -0.4 is 15.6 Å². The van der Waals surface area contributed by atoms with Crippen molar-refractivity contribution in [3.63, 3.8) is 0 Å². The van der Waals surface area contributed by atoms with E-state index >= 15 is 0 Å². The predicted molar refractivity (Wildman–Crippen MR) is 101 cm³/mol. The maximum atomic E-state index is 11.8. The molecule has 0 unspecified atom stereocenters. The molecule has 6 heteroatoms. The van der Waals surface area contributed by atoms with Gasteiger partial charge in [0.25, 0.3) is 5.91 Å². The Balaban J connectivity index is 1.82. The number of carbonyl (C=O) groups is 1. The molecule has 0 aliphatic rings. The first-order valence-electron chi connectivity index (χ1n) is 7.55. The lowest BCUT2D eigenvalue weighted by molar-refractivity contribution is -0.119. The molecular weight excluding hydrogens is 324 g/mol. The topological polar surface area (TPSA) is 56.7 Å². The van der Waals surface area contributed by atoms with Crippen LogP contribution in [0.5, 0.6) is 0 Å². The van der Waals surface area contributed by atoms with Crippen molar-refractivity contribution in [2.24, 2.45) is 5.10 Å². The van der Waals surface area contributed by atoms with E-state index in [1.807, 2.05) is 62.3 Å². The van der Waals surface area contributed by atoms with Gasteiger partial charge in [-0.05, 0) is 48.4 Å². The first kappa shape index (κ1) is 17.8. The molecule has 5 nitrogen and oxygen atoms in total. The summed E-state index contributed by atoms with van der Waals surface area (Å²) < 4.78 is 0. The molecule has 24 heavy (non-hydrogen) atoms. The average Bonchev–Trinajstić information content (AvgIpc) is 2.54. The van der Waals surface area contributed by atoms with Gasteiger partial charge in [-0.1, -0.05) is 23.7 Å². The van der Waals surface area contributed by atoms with E-state index in [0.29, 0.717) is 5.02 Å². The van der Waals surface area contributed by atoms with Gasteiger partial charge in [0.1, 0.15) is 0 Å². The van der Waals surface area contributed by atoms with Crippen LogP contribution in [0.1, 0.15) is 11.1 Å². The number of benzene rings is 2. The van der Waals surface area contributed by atoms with Gasteiger partial charge in [0.2, 0.25) is 0 Å². The monoisotopic (exact) mass is 344 g/mol. The maximum Gasteiger partial charge on any atom is 0.259 e.